The predicted molar refractivity (Wildman–Crippen MR) is 80.5 cm³/mol. The molecule has 0 spiro atoms. The van der Waals surface area contributed by atoms with E-state index < -0.39 is 5.82 Å². The minimum atomic E-state index is -0.523. The number of rotatable bonds is 2. The molecule has 4 nitrogen and oxygen atoms in total. The number of halogens is 1. The van der Waals surface area contributed by atoms with Gasteiger partial charge in [0.25, 0.3) is 5.91 Å². The van der Waals surface area contributed by atoms with Gasteiger partial charge < -0.3 is 10.6 Å². The normalized spacial score (nSPS) is 20.9. The van der Waals surface area contributed by atoms with E-state index in [4.69, 9.17) is 5.73 Å². The molecule has 5 heteroatoms. The van der Waals surface area contributed by atoms with Crippen LogP contribution >= 0.6 is 0 Å². The van der Waals surface area contributed by atoms with Gasteiger partial charge in [-0.3, -0.25) is 9.69 Å². The number of benzene rings is 1. The molecule has 0 radical (unpaired) electrons. The van der Waals surface area contributed by atoms with Crippen LogP contribution in [-0.4, -0.2) is 47.9 Å². The Hall–Kier alpha value is -1.62. The second-order valence-electron chi connectivity index (χ2n) is 6.00. The first kappa shape index (κ1) is 14.3. The Kier molecular flexibility index (Phi) is 4.10. The van der Waals surface area contributed by atoms with Crippen molar-refractivity contribution < 1.29 is 9.18 Å². The predicted octanol–water partition coefficient (Wildman–Crippen LogP) is 2.11. The van der Waals surface area contributed by atoms with Crippen LogP contribution in [0.4, 0.5) is 10.1 Å². The first-order chi connectivity index (χ1) is 10.1. The number of nitrogens with zero attached hydrogens (tertiary/aromatic N) is 2. The molecule has 0 aromatic heterocycles. The zero-order valence-corrected chi connectivity index (χ0v) is 12.2. The second kappa shape index (κ2) is 6.02. The maximum Gasteiger partial charge on any atom is 0.254 e. The number of nitrogen functional groups attached to an aromatic ring is 1. The highest BCUT2D eigenvalue weighted by Crippen LogP contribution is 2.24. The van der Waals surface area contributed by atoms with Gasteiger partial charge in [0.2, 0.25) is 0 Å². The Morgan fingerprint density at radius 2 is 1.81 bits per heavy atom. The molecular formula is C16H22FN3O. The van der Waals surface area contributed by atoms with E-state index in [0.717, 1.165) is 26.2 Å². The summed E-state index contributed by atoms with van der Waals surface area (Å²) >= 11 is 0. The quantitative estimate of drug-likeness (QED) is 0.849. The summed E-state index contributed by atoms with van der Waals surface area (Å²) in [5, 5.41) is 0. The van der Waals surface area contributed by atoms with E-state index in [1.165, 1.54) is 37.8 Å². The third-order valence-corrected chi connectivity index (χ3v) is 4.69. The Morgan fingerprint density at radius 1 is 1.14 bits per heavy atom. The molecule has 0 unspecified atom stereocenters. The van der Waals surface area contributed by atoms with Crippen LogP contribution in [-0.2, 0) is 0 Å². The molecule has 1 aliphatic heterocycles. The van der Waals surface area contributed by atoms with Gasteiger partial charge in [-0.25, -0.2) is 4.39 Å². The first-order valence-corrected chi connectivity index (χ1v) is 7.73. The summed E-state index contributed by atoms with van der Waals surface area (Å²) in [4.78, 5) is 16.7. The summed E-state index contributed by atoms with van der Waals surface area (Å²) in [7, 11) is 0. The topological polar surface area (TPSA) is 49.6 Å². The molecule has 3 rings (SSSR count). The first-order valence-electron chi connectivity index (χ1n) is 7.73. The highest BCUT2D eigenvalue weighted by atomic mass is 19.1. The molecule has 1 aromatic carbocycles. The highest BCUT2D eigenvalue weighted by molar-refractivity contribution is 5.94. The third kappa shape index (κ3) is 3.02. The summed E-state index contributed by atoms with van der Waals surface area (Å²) in [5.74, 6) is -0.620. The van der Waals surface area contributed by atoms with Crippen LogP contribution in [0.25, 0.3) is 0 Å². The fourth-order valence-corrected chi connectivity index (χ4v) is 3.40. The molecule has 2 fully saturated rings. The van der Waals surface area contributed by atoms with Gasteiger partial charge in [0.15, 0.2) is 0 Å². The van der Waals surface area contributed by atoms with Gasteiger partial charge in [0.05, 0.1) is 5.69 Å². The zero-order chi connectivity index (χ0) is 14.8. The Morgan fingerprint density at radius 3 is 2.43 bits per heavy atom. The van der Waals surface area contributed by atoms with Crippen molar-refractivity contribution in [2.45, 2.75) is 31.7 Å². The zero-order valence-electron chi connectivity index (χ0n) is 12.2. The lowest BCUT2D eigenvalue weighted by molar-refractivity contribution is 0.0573. The van der Waals surface area contributed by atoms with E-state index in [1.54, 1.807) is 6.07 Å². The van der Waals surface area contributed by atoms with Crippen molar-refractivity contribution in [3.63, 3.8) is 0 Å². The number of anilines is 1. The number of hydrogen-bond donors (Lipinski definition) is 1. The van der Waals surface area contributed by atoms with Crippen LogP contribution in [0.15, 0.2) is 18.2 Å². The van der Waals surface area contributed by atoms with Gasteiger partial charge >= 0.3 is 0 Å². The van der Waals surface area contributed by atoms with Crippen LogP contribution < -0.4 is 5.73 Å². The maximum absolute atomic E-state index is 13.5. The lowest BCUT2D eigenvalue weighted by Gasteiger charge is -2.38. The summed E-state index contributed by atoms with van der Waals surface area (Å²) in [6, 6.07) is 5.00. The van der Waals surface area contributed by atoms with Crippen LogP contribution in [0, 0.1) is 5.82 Å². The third-order valence-electron chi connectivity index (χ3n) is 4.69. The minimum absolute atomic E-state index is 0.0811. The van der Waals surface area contributed by atoms with Gasteiger partial charge in [0, 0.05) is 37.8 Å². The van der Waals surface area contributed by atoms with Gasteiger partial charge in [0.1, 0.15) is 5.82 Å². The van der Waals surface area contributed by atoms with Crippen LogP contribution in [0.5, 0.6) is 0 Å². The van der Waals surface area contributed by atoms with Crippen molar-refractivity contribution in [2.24, 2.45) is 0 Å². The lowest BCUT2D eigenvalue weighted by atomic mass is 10.1. The molecular weight excluding hydrogens is 269 g/mol. The molecule has 1 aliphatic carbocycles. The maximum atomic E-state index is 13.5. The molecule has 1 heterocycles. The van der Waals surface area contributed by atoms with E-state index in [2.05, 4.69) is 4.90 Å². The standard InChI is InChI=1S/C16H22FN3O/c17-14-11-12(5-6-15(14)18)16(21)20-9-7-19(8-10-20)13-3-1-2-4-13/h5-6,11,13H,1-4,7-10,18H2. The van der Waals surface area contributed by atoms with Crippen molar-refractivity contribution in [1.29, 1.82) is 0 Å². The Balaban J connectivity index is 1.60. The summed E-state index contributed by atoms with van der Waals surface area (Å²) in [6.45, 7) is 3.30. The molecule has 1 saturated heterocycles. The molecule has 0 atom stereocenters. The highest BCUT2D eigenvalue weighted by Gasteiger charge is 2.28. The monoisotopic (exact) mass is 291 g/mol. The fourth-order valence-electron chi connectivity index (χ4n) is 3.40. The molecule has 1 saturated carbocycles. The summed E-state index contributed by atoms with van der Waals surface area (Å²) in [6.07, 6.45) is 5.23. The van der Waals surface area contributed by atoms with Crippen molar-refractivity contribution >= 4 is 11.6 Å². The van der Waals surface area contributed by atoms with Gasteiger partial charge in [-0.05, 0) is 31.0 Å². The smallest absolute Gasteiger partial charge is 0.254 e. The number of amides is 1. The fraction of sp³-hybridized carbons (Fsp3) is 0.562. The van der Waals surface area contributed by atoms with Crippen molar-refractivity contribution in [3.8, 4) is 0 Å². The number of hydrogen-bond acceptors (Lipinski definition) is 3. The summed E-state index contributed by atoms with van der Waals surface area (Å²) in [5.41, 5.74) is 5.92. The average molecular weight is 291 g/mol. The SMILES string of the molecule is Nc1ccc(C(=O)N2CCN(C3CCCC3)CC2)cc1F. The van der Waals surface area contributed by atoms with Gasteiger partial charge in [-0.1, -0.05) is 12.8 Å². The van der Waals surface area contributed by atoms with Crippen molar-refractivity contribution in [2.75, 3.05) is 31.9 Å². The molecule has 114 valence electrons. The average Bonchev–Trinajstić information content (AvgIpc) is 3.04. The van der Waals surface area contributed by atoms with Gasteiger partial charge in [-0.15, -0.1) is 0 Å². The van der Waals surface area contributed by atoms with E-state index >= 15 is 0 Å². The minimum Gasteiger partial charge on any atom is -0.396 e. The van der Waals surface area contributed by atoms with Crippen LogP contribution in [0.3, 0.4) is 0 Å². The largest absolute Gasteiger partial charge is 0.396 e. The number of piperazine rings is 1. The molecule has 1 aromatic rings. The molecule has 2 N–H and O–H groups in total. The molecule has 2 aliphatic rings. The van der Waals surface area contributed by atoms with Crippen LogP contribution in [0.2, 0.25) is 0 Å². The van der Waals surface area contributed by atoms with Gasteiger partial charge in [-0.2, -0.15) is 0 Å². The molecule has 0 bridgehead atoms. The number of nitrogens with two attached hydrogens (primary N) is 1. The van der Waals surface area contributed by atoms with Crippen LogP contribution in [0.1, 0.15) is 36.0 Å². The molecule has 21 heavy (non-hydrogen) atoms. The molecule has 1 amide bonds. The number of carbonyl (C=O) groups is 1. The second-order valence-corrected chi connectivity index (χ2v) is 6.00. The van der Waals surface area contributed by atoms with E-state index in [0.29, 0.717) is 11.6 Å². The summed E-state index contributed by atoms with van der Waals surface area (Å²) < 4.78 is 13.5. The van der Waals surface area contributed by atoms with E-state index in [9.17, 15) is 9.18 Å². The van der Waals surface area contributed by atoms with E-state index in [-0.39, 0.29) is 11.6 Å². The Labute approximate surface area is 124 Å². The number of carbonyl (C=O) groups excluding carboxylic acids is 1. The van der Waals surface area contributed by atoms with E-state index in [1.807, 2.05) is 4.90 Å². The Bertz CT molecular complexity index is 520. The lowest BCUT2D eigenvalue weighted by Crippen LogP contribution is -2.51. The van der Waals surface area contributed by atoms with Crippen molar-refractivity contribution in [3.05, 3.63) is 29.6 Å². The van der Waals surface area contributed by atoms with Crippen molar-refractivity contribution in [1.82, 2.24) is 9.80 Å².